The number of hydrogen-bond donors (Lipinski definition) is 1. The van der Waals surface area contributed by atoms with Gasteiger partial charge < -0.3 is 0 Å². The molecule has 0 aromatic heterocycles. The van der Waals surface area contributed by atoms with Crippen LogP contribution in [-0.4, -0.2) is 11.8 Å². The molecule has 0 spiro atoms. The molecule has 2 aliphatic rings. The van der Waals surface area contributed by atoms with Crippen molar-refractivity contribution in [2.24, 2.45) is 0 Å². The van der Waals surface area contributed by atoms with E-state index in [-0.39, 0.29) is 11.8 Å². The van der Waals surface area contributed by atoms with Crippen LogP contribution in [0.5, 0.6) is 0 Å². The molecule has 3 heteroatoms. The van der Waals surface area contributed by atoms with E-state index in [1.807, 2.05) is 6.92 Å². The summed E-state index contributed by atoms with van der Waals surface area (Å²) in [6.07, 6.45) is 3.40. The highest BCUT2D eigenvalue weighted by molar-refractivity contribution is 6.21. The molecule has 1 aliphatic heterocycles. The van der Waals surface area contributed by atoms with Gasteiger partial charge in [-0.1, -0.05) is 11.6 Å². The lowest BCUT2D eigenvalue weighted by atomic mass is 9.95. The summed E-state index contributed by atoms with van der Waals surface area (Å²) in [5.74, 6) is -0.451. The van der Waals surface area contributed by atoms with Crippen molar-refractivity contribution in [3.8, 4) is 0 Å². The zero-order valence-electron chi connectivity index (χ0n) is 6.81. The Kier molecular flexibility index (Phi) is 1.40. The highest BCUT2D eigenvalue weighted by atomic mass is 16.2. The maximum atomic E-state index is 11.1. The number of carbonyl (C=O) groups excluding carboxylic acids is 2. The predicted octanol–water partition coefficient (Wildman–Crippen LogP) is 0.679. The van der Waals surface area contributed by atoms with Crippen molar-refractivity contribution >= 4 is 11.8 Å². The summed E-state index contributed by atoms with van der Waals surface area (Å²) < 4.78 is 0. The van der Waals surface area contributed by atoms with E-state index in [0.717, 1.165) is 6.42 Å². The summed E-state index contributed by atoms with van der Waals surface area (Å²) in [6.45, 7) is 1.97. The van der Waals surface area contributed by atoms with Crippen LogP contribution in [-0.2, 0) is 9.59 Å². The first-order valence-corrected chi connectivity index (χ1v) is 3.94. The van der Waals surface area contributed by atoms with E-state index in [1.165, 1.54) is 5.57 Å². The summed E-state index contributed by atoms with van der Waals surface area (Å²) >= 11 is 0. The van der Waals surface area contributed by atoms with Crippen LogP contribution >= 0.6 is 0 Å². The number of imide groups is 1. The van der Waals surface area contributed by atoms with Crippen molar-refractivity contribution in [3.63, 3.8) is 0 Å². The number of hydrogen-bond acceptors (Lipinski definition) is 2. The fourth-order valence-electron chi connectivity index (χ4n) is 1.55. The van der Waals surface area contributed by atoms with Crippen molar-refractivity contribution < 1.29 is 9.59 Å². The van der Waals surface area contributed by atoms with Gasteiger partial charge in [0.05, 0.1) is 0 Å². The van der Waals surface area contributed by atoms with E-state index in [9.17, 15) is 9.59 Å². The van der Waals surface area contributed by atoms with Crippen LogP contribution in [0.15, 0.2) is 22.8 Å². The second-order valence-electron chi connectivity index (χ2n) is 3.17. The molecule has 0 saturated heterocycles. The number of amides is 2. The first-order chi connectivity index (χ1) is 5.68. The molecule has 0 bridgehead atoms. The summed E-state index contributed by atoms with van der Waals surface area (Å²) in [7, 11) is 0. The zero-order valence-corrected chi connectivity index (χ0v) is 6.81. The van der Waals surface area contributed by atoms with E-state index >= 15 is 0 Å². The Labute approximate surface area is 70.1 Å². The molecule has 62 valence electrons. The molecule has 2 amide bonds. The predicted molar refractivity (Wildman–Crippen MR) is 43.2 cm³/mol. The fourth-order valence-corrected chi connectivity index (χ4v) is 1.55. The second kappa shape index (κ2) is 2.30. The molecule has 1 aliphatic carbocycles. The third-order valence-corrected chi connectivity index (χ3v) is 2.23. The minimum Gasteiger partial charge on any atom is -0.288 e. The molecule has 0 saturated carbocycles. The van der Waals surface area contributed by atoms with Gasteiger partial charge in [0.25, 0.3) is 11.8 Å². The lowest BCUT2D eigenvalue weighted by Crippen LogP contribution is -2.22. The van der Waals surface area contributed by atoms with Crippen molar-refractivity contribution in [3.05, 3.63) is 22.8 Å². The van der Waals surface area contributed by atoms with Crippen LogP contribution < -0.4 is 5.32 Å². The topological polar surface area (TPSA) is 46.2 Å². The zero-order chi connectivity index (χ0) is 8.72. The Morgan fingerprint density at radius 1 is 1.25 bits per heavy atom. The Bertz CT molecular complexity index is 336. The van der Waals surface area contributed by atoms with Crippen LogP contribution in [0.4, 0.5) is 0 Å². The van der Waals surface area contributed by atoms with Crippen LogP contribution in [0.2, 0.25) is 0 Å². The highest BCUT2D eigenvalue weighted by Gasteiger charge is 2.30. The van der Waals surface area contributed by atoms with Crippen molar-refractivity contribution in [1.29, 1.82) is 0 Å². The number of carbonyl (C=O) groups is 2. The molecule has 0 aromatic carbocycles. The molecule has 0 unspecified atom stereocenters. The van der Waals surface area contributed by atoms with Gasteiger partial charge in [0, 0.05) is 11.1 Å². The summed E-state index contributed by atoms with van der Waals surface area (Å²) in [5, 5.41) is 2.28. The minimum atomic E-state index is -0.242. The number of allylic oxidation sites excluding steroid dienone is 1. The van der Waals surface area contributed by atoms with E-state index < -0.39 is 0 Å². The van der Waals surface area contributed by atoms with Gasteiger partial charge in [-0.25, -0.2) is 0 Å². The van der Waals surface area contributed by atoms with Crippen LogP contribution in [0, 0.1) is 0 Å². The third kappa shape index (κ3) is 0.897. The molecular formula is C9H9NO2. The lowest BCUT2D eigenvalue weighted by Gasteiger charge is -2.07. The molecule has 1 heterocycles. The van der Waals surface area contributed by atoms with Crippen LogP contribution in [0.3, 0.4) is 0 Å². The average Bonchev–Trinajstić information content (AvgIpc) is 2.28. The van der Waals surface area contributed by atoms with E-state index in [0.29, 0.717) is 17.6 Å². The second-order valence-corrected chi connectivity index (χ2v) is 3.17. The largest absolute Gasteiger partial charge is 0.288 e. The molecule has 12 heavy (non-hydrogen) atoms. The quantitative estimate of drug-likeness (QED) is 0.534. The minimum absolute atomic E-state index is 0.209. The van der Waals surface area contributed by atoms with Gasteiger partial charge in [0.1, 0.15) is 0 Å². The monoisotopic (exact) mass is 163 g/mol. The van der Waals surface area contributed by atoms with Gasteiger partial charge in [-0.3, -0.25) is 14.9 Å². The first kappa shape index (κ1) is 7.28. The molecular weight excluding hydrogens is 154 g/mol. The Morgan fingerprint density at radius 2 is 2.00 bits per heavy atom. The van der Waals surface area contributed by atoms with Gasteiger partial charge in [0.15, 0.2) is 0 Å². The smallest absolute Gasteiger partial charge is 0.258 e. The third-order valence-electron chi connectivity index (χ3n) is 2.23. The molecule has 2 rings (SSSR count). The standard InChI is InChI=1S/C9H9NO2/c1-5-2-3-6-7(4-5)9(12)10-8(6)11/h4H,2-3H2,1H3,(H,10,11,12). The molecule has 0 aromatic rings. The van der Waals surface area contributed by atoms with E-state index in [1.54, 1.807) is 6.08 Å². The van der Waals surface area contributed by atoms with Crippen molar-refractivity contribution in [2.45, 2.75) is 19.8 Å². The Hall–Kier alpha value is -1.38. The van der Waals surface area contributed by atoms with Gasteiger partial charge in [0.2, 0.25) is 0 Å². The maximum absolute atomic E-state index is 11.1. The SMILES string of the molecule is CC1=CC2=C(CC1)C(=O)NC2=O. The van der Waals surface area contributed by atoms with E-state index in [2.05, 4.69) is 5.32 Å². The van der Waals surface area contributed by atoms with Crippen LogP contribution in [0.1, 0.15) is 19.8 Å². The summed E-state index contributed by atoms with van der Waals surface area (Å²) in [6, 6.07) is 0. The Morgan fingerprint density at radius 3 is 2.75 bits per heavy atom. The molecule has 0 atom stereocenters. The number of nitrogens with one attached hydrogen (secondary N) is 1. The van der Waals surface area contributed by atoms with Gasteiger partial charge in [-0.15, -0.1) is 0 Å². The lowest BCUT2D eigenvalue weighted by molar-refractivity contribution is -0.124. The van der Waals surface area contributed by atoms with Gasteiger partial charge in [-0.05, 0) is 19.8 Å². The molecule has 1 N–H and O–H groups in total. The highest BCUT2D eigenvalue weighted by Crippen LogP contribution is 2.27. The first-order valence-electron chi connectivity index (χ1n) is 3.94. The fraction of sp³-hybridized carbons (Fsp3) is 0.333. The van der Waals surface area contributed by atoms with Crippen LogP contribution in [0.25, 0.3) is 0 Å². The molecule has 3 nitrogen and oxygen atoms in total. The summed E-state index contributed by atoms with van der Waals surface area (Å²) in [4.78, 5) is 22.2. The maximum Gasteiger partial charge on any atom is 0.258 e. The van der Waals surface area contributed by atoms with Crippen molar-refractivity contribution in [1.82, 2.24) is 5.32 Å². The van der Waals surface area contributed by atoms with Gasteiger partial charge in [-0.2, -0.15) is 0 Å². The van der Waals surface area contributed by atoms with Crippen molar-refractivity contribution in [2.75, 3.05) is 0 Å². The van der Waals surface area contributed by atoms with E-state index in [4.69, 9.17) is 0 Å². The Balaban J connectivity index is 2.49. The number of rotatable bonds is 0. The average molecular weight is 163 g/mol. The normalized spacial score (nSPS) is 22.2. The summed E-state index contributed by atoms with van der Waals surface area (Å²) in [5.41, 5.74) is 2.40. The van der Waals surface area contributed by atoms with Gasteiger partial charge >= 0.3 is 0 Å². The molecule has 0 fully saturated rings. The molecule has 0 radical (unpaired) electrons.